The van der Waals surface area contributed by atoms with Gasteiger partial charge in [-0.1, -0.05) is 22.4 Å². The maximum atomic E-state index is 13.5. The molecule has 17 heavy (non-hydrogen) atoms. The zero-order valence-electron chi connectivity index (χ0n) is 9.03. The van der Waals surface area contributed by atoms with E-state index in [4.69, 9.17) is 9.84 Å². The van der Waals surface area contributed by atoms with Gasteiger partial charge in [0.1, 0.15) is 0 Å². The van der Waals surface area contributed by atoms with Gasteiger partial charge in [0.05, 0.1) is 0 Å². The van der Waals surface area contributed by atoms with Crippen LogP contribution in [0.25, 0.3) is 0 Å². The Hall–Kier alpha value is -1.10. The first-order valence-electron chi connectivity index (χ1n) is 5.42. The lowest BCUT2D eigenvalue weighted by Gasteiger charge is -2.31. The lowest BCUT2D eigenvalue weighted by Crippen LogP contribution is -2.38. The van der Waals surface area contributed by atoms with Gasteiger partial charge in [-0.3, -0.25) is 0 Å². The van der Waals surface area contributed by atoms with E-state index in [1.165, 1.54) is 12.1 Å². The molecule has 3 nitrogen and oxygen atoms in total. The van der Waals surface area contributed by atoms with Crippen LogP contribution in [0.2, 0.25) is 0 Å². The van der Waals surface area contributed by atoms with Crippen molar-refractivity contribution in [1.82, 2.24) is 0 Å². The minimum absolute atomic E-state index is 0.00412. The molecule has 1 aliphatic carbocycles. The lowest BCUT2D eigenvalue weighted by molar-refractivity contribution is -0.149. The van der Waals surface area contributed by atoms with E-state index in [1.807, 2.05) is 0 Å². The molecule has 0 aromatic heterocycles. The highest BCUT2D eigenvalue weighted by Gasteiger charge is 2.34. The van der Waals surface area contributed by atoms with Crippen molar-refractivity contribution in [1.29, 1.82) is 0 Å². The fourth-order valence-corrected chi connectivity index (χ4v) is 2.13. The van der Waals surface area contributed by atoms with Gasteiger partial charge in [-0.25, -0.2) is 9.18 Å². The second-order valence-electron chi connectivity index (χ2n) is 4.14. The number of carboxylic acid groups (broad SMARTS) is 1. The second-order valence-corrected chi connectivity index (χ2v) is 5.06. The minimum Gasteiger partial charge on any atom is -0.478 e. The monoisotopic (exact) mass is 302 g/mol. The van der Waals surface area contributed by atoms with Gasteiger partial charge >= 0.3 is 5.97 Å². The summed E-state index contributed by atoms with van der Waals surface area (Å²) in [4.78, 5) is 11.1. The molecular formula is C12H12BrFO3. The summed E-state index contributed by atoms with van der Waals surface area (Å²) in [5, 5.41) is 9.06. The van der Waals surface area contributed by atoms with Gasteiger partial charge in [-0.05, 0) is 31.0 Å². The van der Waals surface area contributed by atoms with Crippen molar-refractivity contribution in [2.24, 2.45) is 5.92 Å². The van der Waals surface area contributed by atoms with E-state index < -0.39 is 17.9 Å². The summed E-state index contributed by atoms with van der Waals surface area (Å²) in [6.45, 7) is 0. The first-order chi connectivity index (χ1) is 8.08. The first kappa shape index (κ1) is 12.4. The van der Waals surface area contributed by atoms with Crippen molar-refractivity contribution in [3.05, 3.63) is 28.5 Å². The third-order valence-corrected chi connectivity index (χ3v) is 3.46. The van der Waals surface area contributed by atoms with Gasteiger partial charge in [-0.15, -0.1) is 0 Å². The Balaban J connectivity index is 2.14. The SMILES string of the molecule is O=C(O)[C@@H](Oc1ccc(Br)cc1F)C1CCC1. The lowest BCUT2D eigenvalue weighted by atomic mass is 9.81. The number of aliphatic carboxylic acids is 1. The number of carboxylic acids is 1. The van der Waals surface area contributed by atoms with Crippen LogP contribution in [0.3, 0.4) is 0 Å². The predicted molar refractivity (Wildman–Crippen MR) is 63.5 cm³/mol. The van der Waals surface area contributed by atoms with Crippen molar-refractivity contribution in [2.75, 3.05) is 0 Å². The van der Waals surface area contributed by atoms with Crippen LogP contribution in [0, 0.1) is 11.7 Å². The number of ether oxygens (including phenoxy) is 1. The largest absolute Gasteiger partial charge is 0.478 e. The molecule has 92 valence electrons. The number of benzene rings is 1. The van der Waals surface area contributed by atoms with E-state index in [0.717, 1.165) is 19.3 Å². The molecule has 0 saturated heterocycles. The first-order valence-corrected chi connectivity index (χ1v) is 6.22. The molecule has 0 heterocycles. The third kappa shape index (κ3) is 2.77. The van der Waals surface area contributed by atoms with Gasteiger partial charge < -0.3 is 9.84 Å². The molecule has 0 spiro atoms. The van der Waals surface area contributed by atoms with Crippen LogP contribution in [0.4, 0.5) is 4.39 Å². The van der Waals surface area contributed by atoms with Crippen molar-refractivity contribution in [3.8, 4) is 5.75 Å². The van der Waals surface area contributed by atoms with Crippen LogP contribution in [-0.2, 0) is 4.79 Å². The number of carbonyl (C=O) groups is 1. The molecule has 1 fully saturated rings. The van der Waals surface area contributed by atoms with Gasteiger partial charge in [0.25, 0.3) is 0 Å². The molecular weight excluding hydrogens is 291 g/mol. The van der Waals surface area contributed by atoms with Gasteiger partial charge in [0.2, 0.25) is 0 Å². The van der Waals surface area contributed by atoms with Crippen LogP contribution in [-0.4, -0.2) is 17.2 Å². The molecule has 1 aliphatic rings. The molecule has 0 amide bonds. The molecule has 0 unspecified atom stereocenters. The van der Waals surface area contributed by atoms with Gasteiger partial charge in [-0.2, -0.15) is 0 Å². The molecule has 2 rings (SSSR count). The third-order valence-electron chi connectivity index (χ3n) is 2.97. The Morgan fingerprint density at radius 2 is 2.24 bits per heavy atom. The van der Waals surface area contributed by atoms with E-state index in [0.29, 0.717) is 4.47 Å². The minimum atomic E-state index is -1.03. The summed E-state index contributed by atoms with van der Waals surface area (Å²) in [5.74, 6) is -1.59. The zero-order chi connectivity index (χ0) is 12.4. The van der Waals surface area contributed by atoms with E-state index in [1.54, 1.807) is 6.07 Å². The van der Waals surface area contributed by atoms with Crippen molar-refractivity contribution < 1.29 is 19.0 Å². The molecule has 1 aromatic rings. The molecule has 0 bridgehead atoms. The van der Waals surface area contributed by atoms with Crippen molar-refractivity contribution in [2.45, 2.75) is 25.4 Å². The number of halogens is 2. The average molecular weight is 303 g/mol. The average Bonchev–Trinajstić information content (AvgIpc) is 2.17. The van der Waals surface area contributed by atoms with Crippen LogP contribution in [0.15, 0.2) is 22.7 Å². The van der Waals surface area contributed by atoms with E-state index in [2.05, 4.69) is 15.9 Å². The van der Waals surface area contributed by atoms with Crippen LogP contribution >= 0.6 is 15.9 Å². The topological polar surface area (TPSA) is 46.5 Å². The molecule has 1 N–H and O–H groups in total. The summed E-state index contributed by atoms with van der Waals surface area (Å²) in [7, 11) is 0. The maximum absolute atomic E-state index is 13.5. The van der Waals surface area contributed by atoms with Crippen molar-refractivity contribution >= 4 is 21.9 Å². The molecule has 0 radical (unpaired) electrons. The molecule has 1 atom stereocenters. The second kappa shape index (κ2) is 5.04. The Kier molecular flexibility index (Phi) is 3.66. The summed E-state index contributed by atoms with van der Waals surface area (Å²) >= 11 is 3.13. The highest BCUT2D eigenvalue weighted by Crippen LogP contribution is 2.33. The Morgan fingerprint density at radius 1 is 1.53 bits per heavy atom. The summed E-state index contributed by atoms with van der Waals surface area (Å²) in [5.41, 5.74) is 0. The predicted octanol–water partition coefficient (Wildman–Crippen LogP) is 3.22. The van der Waals surface area contributed by atoms with E-state index in [9.17, 15) is 9.18 Å². The Bertz CT molecular complexity index is 432. The molecule has 5 heteroatoms. The summed E-state index contributed by atoms with van der Waals surface area (Å²) < 4.78 is 19.4. The van der Waals surface area contributed by atoms with Crippen LogP contribution in [0.5, 0.6) is 5.75 Å². The fourth-order valence-electron chi connectivity index (χ4n) is 1.80. The van der Waals surface area contributed by atoms with E-state index >= 15 is 0 Å². The Labute approximate surface area is 107 Å². The van der Waals surface area contributed by atoms with Gasteiger partial charge in [0.15, 0.2) is 17.7 Å². The number of hydrogen-bond acceptors (Lipinski definition) is 2. The molecule has 1 saturated carbocycles. The van der Waals surface area contributed by atoms with Crippen LogP contribution < -0.4 is 4.74 Å². The molecule has 0 aliphatic heterocycles. The summed E-state index contributed by atoms with van der Waals surface area (Å²) in [6, 6.07) is 4.32. The van der Waals surface area contributed by atoms with Crippen LogP contribution in [0.1, 0.15) is 19.3 Å². The highest BCUT2D eigenvalue weighted by molar-refractivity contribution is 9.10. The molecule has 1 aromatic carbocycles. The standard InChI is InChI=1S/C12H12BrFO3/c13-8-4-5-10(9(14)6-8)17-11(12(15)16)7-2-1-3-7/h4-7,11H,1-3H2,(H,15,16)/t11-/m0/s1. The maximum Gasteiger partial charge on any atom is 0.345 e. The number of hydrogen-bond donors (Lipinski definition) is 1. The number of rotatable bonds is 4. The highest BCUT2D eigenvalue weighted by atomic mass is 79.9. The quantitative estimate of drug-likeness (QED) is 0.929. The van der Waals surface area contributed by atoms with Gasteiger partial charge in [0, 0.05) is 10.4 Å². The van der Waals surface area contributed by atoms with Crippen molar-refractivity contribution in [3.63, 3.8) is 0 Å². The summed E-state index contributed by atoms with van der Waals surface area (Å²) in [6.07, 6.45) is 1.73. The normalized spacial score (nSPS) is 17.3. The fraction of sp³-hybridized carbons (Fsp3) is 0.417. The Morgan fingerprint density at radius 3 is 2.71 bits per heavy atom. The smallest absolute Gasteiger partial charge is 0.345 e. The zero-order valence-corrected chi connectivity index (χ0v) is 10.6. The van der Waals surface area contributed by atoms with E-state index in [-0.39, 0.29) is 11.7 Å².